The first-order chi connectivity index (χ1) is 11.3. The van der Waals surface area contributed by atoms with E-state index in [4.69, 9.17) is 0 Å². The minimum Gasteiger partial charge on any atom is -0.351 e. The Bertz CT molecular complexity index is 848. The number of carbonyl (C=O) groups is 1. The number of benzene rings is 1. The highest BCUT2D eigenvalue weighted by molar-refractivity contribution is 5.86. The van der Waals surface area contributed by atoms with Crippen molar-refractivity contribution in [1.29, 1.82) is 0 Å². The van der Waals surface area contributed by atoms with Crippen LogP contribution in [0.5, 0.6) is 0 Å². The van der Waals surface area contributed by atoms with E-state index in [2.05, 4.69) is 22.1 Å². The fraction of sp³-hybridized carbons (Fsp3) is 0.263. The molecule has 0 bridgehead atoms. The Labute approximate surface area is 139 Å². The van der Waals surface area contributed by atoms with Crippen LogP contribution in [0.2, 0.25) is 0 Å². The van der Waals surface area contributed by atoms with Crippen LogP contribution >= 0.6 is 0 Å². The van der Waals surface area contributed by atoms with Crippen molar-refractivity contribution >= 4 is 5.91 Å². The molecule has 1 unspecified atom stereocenters. The molecule has 1 aliphatic heterocycles. The zero-order valence-corrected chi connectivity index (χ0v) is 13.4. The summed E-state index contributed by atoms with van der Waals surface area (Å²) < 4.78 is 26.6. The molecule has 122 valence electrons. The van der Waals surface area contributed by atoms with E-state index in [0.717, 1.165) is 18.2 Å². The molecule has 24 heavy (non-hydrogen) atoms. The Morgan fingerprint density at radius 1 is 1.21 bits per heavy atom. The number of nitrogens with zero attached hydrogens (tertiary/aromatic N) is 1. The average molecular weight is 326 g/mol. The smallest absolute Gasteiger partial charge is 0.229 e. The van der Waals surface area contributed by atoms with Crippen LogP contribution in [-0.2, 0) is 4.79 Å². The second-order valence-electron chi connectivity index (χ2n) is 6.48. The fourth-order valence-electron chi connectivity index (χ4n) is 2.73. The number of nitrogens with one attached hydrogen (secondary N) is 1. The third-order valence-electron chi connectivity index (χ3n) is 3.91. The van der Waals surface area contributed by atoms with Gasteiger partial charge in [-0.3, -0.25) is 9.78 Å². The lowest BCUT2D eigenvalue weighted by Gasteiger charge is -2.16. The van der Waals surface area contributed by atoms with Crippen molar-refractivity contribution in [2.24, 2.45) is 0 Å². The van der Waals surface area contributed by atoms with E-state index in [0.29, 0.717) is 17.7 Å². The largest absolute Gasteiger partial charge is 0.351 e. The van der Waals surface area contributed by atoms with Crippen LogP contribution in [0.25, 0.3) is 0 Å². The van der Waals surface area contributed by atoms with E-state index in [-0.39, 0.29) is 22.9 Å². The van der Waals surface area contributed by atoms with Crippen LogP contribution in [0.15, 0.2) is 36.5 Å². The highest BCUT2D eigenvalue weighted by atomic mass is 19.1. The van der Waals surface area contributed by atoms with Gasteiger partial charge in [0.2, 0.25) is 5.91 Å². The van der Waals surface area contributed by atoms with Crippen LogP contribution < -0.4 is 5.32 Å². The summed E-state index contributed by atoms with van der Waals surface area (Å²) in [5.41, 5.74) is 1.01. The van der Waals surface area contributed by atoms with Crippen molar-refractivity contribution in [3.05, 3.63) is 65.0 Å². The number of hydrogen-bond acceptors (Lipinski definition) is 2. The molecule has 0 saturated carbocycles. The second-order valence-corrected chi connectivity index (χ2v) is 6.48. The van der Waals surface area contributed by atoms with Crippen LogP contribution in [0, 0.1) is 23.5 Å². The first-order valence-corrected chi connectivity index (χ1v) is 7.59. The molecule has 2 heterocycles. The first kappa shape index (κ1) is 16.1. The van der Waals surface area contributed by atoms with Gasteiger partial charge in [-0.2, -0.15) is 0 Å². The number of hydrogen-bond donors (Lipinski definition) is 1. The number of carbonyl (C=O) groups excluding carboxylic acids is 1. The Morgan fingerprint density at radius 3 is 2.62 bits per heavy atom. The molecule has 2 aromatic rings. The maximum Gasteiger partial charge on any atom is 0.229 e. The molecular weight excluding hydrogens is 310 g/mol. The standard InChI is InChI=1S/C19H16F2N2O/c1-19(2)10-15(18(24)23-19)17-8-4-12(11-22-17)3-5-13-9-14(20)6-7-16(13)21/h4,6-9,11,15H,10H2,1-2H3,(H,23,24). The number of pyridine rings is 1. The van der Waals surface area contributed by atoms with Gasteiger partial charge in [-0.15, -0.1) is 0 Å². The summed E-state index contributed by atoms with van der Waals surface area (Å²) in [5, 5.41) is 2.93. The van der Waals surface area contributed by atoms with Crippen molar-refractivity contribution in [2.45, 2.75) is 31.7 Å². The Hall–Kier alpha value is -2.74. The number of rotatable bonds is 1. The third-order valence-corrected chi connectivity index (χ3v) is 3.91. The summed E-state index contributed by atoms with van der Waals surface area (Å²) >= 11 is 0. The Kier molecular flexibility index (Phi) is 4.06. The molecule has 3 rings (SSSR count). The summed E-state index contributed by atoms with van der Waals surface area (Å²) in [4.78, 5) is 16.3. The summed E-state index contributed by atoms with van der Waals surface area (Å²) in [7, 11) is 0. The summed E-state index contributed by atoms with van der Waals surface area (Å²) in [5.74, 6) is 3.93. The van der Waals surface area contributed by atoms with Gasteiger partial charge in [-0.05, 0) is 50.6 Å². The lowest BCUT2D eigenvalue weighted by Crippen LogP contribution is -2.34. The van der Waals surface area contributed by atoms with Gasteiger partial charge in [0, 0.05) is 17.3 Å². The predicted molar refractivity (Wildman–Crippen MR) is 86.2 cm³/mol. The Morgan fingerprint density at radius 2 is 2.00 bits per heavy atom. The molecule has 5 heteroatoms. The summed E-state index contributed by atoms with van der Waals surface area (Å²) in [6.07, 6.45) is 2.22. The molecule has 0 radical (unpaired) electrons. The van der Waals surface area contributed by atoms with Crippen LogP contribution in [-0.4, -0.2) is 16.4 Å². The highest BCUT2D eigenvalue weighted by Gasteiger charge is 2.38. The fourth-order valence-corrected chi connectivity index (χ4v) is 2.73. The van der Waals surface area contributed by atoms with E-state index < -0.39 is 11.6 Å². The van der Waals surface area contributed by atoms with Crippen LogP contribution in [0.4, 0.5) is 8.78 Å². The maximum atomic E-state index is 13.5. The Balaban J connectivity index is 1.80. The van der Waals surface area contributed by atoms with Crippen molar-refractivity contribution < 1.29 is 13.6 Å². The molecular formula is C19H16F2N2O. The topological polar surface area (TPSA) is 42.0 Å². The number of aromatic nitrogens is 1. The van der Waals surface area contributed by atoms with E-state index >= 15 is 0 Å². The second kappa shape index (κ2) is 6.04. The minimum atomic E-state index is -0.571. The first-order valence-electron chi connectivity index (χ1n) is 7.59. The zero-order valence-electron chi connectivity index (χ0n) is 13.4. The van der Waals surface area contributed by atoms with Gasteiger partial charge in [0.1, 0.15) is 11.6 Å². The third kappa shape index (κ3) is 3.43. The van der Waals surface area contributed by atoms with Crippen molar-refractivity contribution in [3.8, 4) is 11.8 Å². The number of halogens is 2. The molecule has 0 aliphatic carbocycles. The molecule has 0 spiro atoms. The lowest BCUT2D eigenvalue weighted by atomic mass is 9.94. The van der Waals surface area contributed by atoms with Crippen molar-refractivity contribution in [2.75, 3.05) is 0 Å². The van der Waals surface area contributed by atoms with Gasteiger partial charge < -0.3 is 5.32 Å². The molecule has 1 fully saturated rings. The minimum absolute atomic E-state index is 0.00371. The quantitative estimate of drug-likeness (QED) is 0.818. The van der Waals surface area contributed by atoms with Gasteiger partial charge in [0.25, 0.3) is 0 Å². The van der Waals surface area contributed by atoms with Gasteiger partial charge in [-0.25, -0.2) is 8.78 Å². The van der Waals surface area contributed by atoms with Gasteiger partial charge >= 0.3 is 0 Å². The molecule has 1 saturated heterocycles. The molecule has 1 atom stereocenters. The summed E-state index contributed by atoms with van der Waals surface area (Å²) in [6.45, 7) is 3.94. The van der Waals surface area contributed by atoms with Crippen LogP contribution in [0.3, 0.4) is 0 Å². The normalized spacial score (nSPS) is 18.7. The molecule has 1 aromatic heterocycles. The maximum absolute atomic E-state index is 13.5. The van der Waals surface area contributed by atoms with E-state index in [1.165, 1.54) is 6.20 Å². The molecule has 1 amide bonds. The molecule has 3 nitrogen and oxygen atoms in total. The molecule has 1 aliphatic rings. The zero-order chi connectivity index (χ0) is 17.3. The number of amides is 1. The average Bonchev–Trinajstić information content (AvgIpc) is 2.81. The highest BCUT2D eigenvalue weighted by Crippen LogP contribution is 2.31. The SMILES string of the molecule is CC1(C)CC(c2ccc(C#Cc3cc(F)ccc3F)cn2)C(=O)N1. The molecule has 1 N–H and O–H groups in total. The molecule has 1 aromatic carbocycles. The van der Waals surface area contributed by atoms with Crippen LogP contribution in [0.1, 0.15) is 43.0 Å². The van der Waals surface area contributed by atoms with Crippen molar-refractivity contribution in [3.63, 3.8) is 0 Å². The lowest BCUT2D eigenvalue weighted by molar-refractivity contribution is -0.120. The monoisotopic (exact) mass is 326 g/mol. The van der Waals surface area contributed by atoms with Crippen molar-refractivity contribution in [1.82, 2.24) is 10.3 Å². The van der Waals surface area contributed by atoms with E-state index in [9.17, 15) is 13.6 Å². The van der Waals surface area contributed by atoms with Gasteiger partial charge in [0.15, 0.2) is 0 Å². The predicted octanol–water partition coefficient (Wildman–Crippen LogP) is 3.14. The van der Waals surface area contributed by atoms with Gasteiger partial charge in [0.05, 0.1) is 17.2 Å². The van der Waals surface area contributed by atoms with Gasteiger partial charge in [-0.1, -0.05) is 11.8 Å². The van der Waals surface area contributed by atoms with E-state index in [1.807, 2.05) is 13.8 Å². The summed E-state index contributed by atoms with van der Waals surface area (Å²) in [6, 6.07) is 6.62. The van der Waals surface area contributed by atoms with E-state index in [1.54, 1.807) is 12.1 Å².